The Labute approximate surface area is 418 Å². The molecule has 4 unspecified atom stereocenters. The Morgan fingerprint density at radius 3 is 1.17 bits per heavy atom. The molecular weight excluding hydrogens is 873 g/mol. The molecule has 0 N–H and O–H groups in total. The molecule has 2 aliphatic carbocycles. The quantitative estimate of drug-likeness (QED) is 0.0367. The van der Waals surface area contributed by atoms with Gasteiger partial charge in [0.2, 0.25) is 0 Å². The third-order valence-corrected chi connectivity index (χ3v) is 13.7. The number of hydrogen-bond acceptors (Lipinski definition) is 8. The van der Waals surface area contributed by atoms with Crippen LogP contribution < -0.4 is 0 Å². The lowest BCUT2D eigenvalue weighted by Crippen LogP contribution is -2.30. The lowest BCUT2D eigenvalue weighted by Gasteiger charge is -2.36. The molecule has 0 saturated carbocycles. The highest BCUT2D eigenvalue weighted by Gasteiger charge is 2.38. The van der Waals surface area contributed by atoms with Gasteiger partial charge in [0, 0.05) is 36.8 Å². The maximum atomic E-state index is 13.9. The van der Waals surface area contributed by atoms with Crippen LogP contribution in [0.4, 0.5) is 0 Å². The summed E-state index contributed by atoms with van der Waals surface area (Å²) in [4.78, 5) is 54.7. The number of carbonyl (C=O) groups excluding carboxylic acids is 4. The van der Waals surface area contributed by atoms with E-state index in [0.717, 1.165) is 144 Å². The summed E-state index contributed by atoms with van der Waals surface area (Å²) < 4.78 is 25.7. The van der Waals surface area contributed by atoms with Crippen molar-refractivity contribution in [3.05, 3.63) is 119 Å². The van der Waals surface area contributed by atoms with E-state index in [1.807, 2.05) is 48.6 Å². The number of hydrogen-bond donors (Lipinski definition) is 0. The zero-order valence-corrected chi connectivity index (χ0v) is 43.0. The molecule has 0 amide bonds. The van der Waals surface area contributed by atoms with Crippen LogP contribution in [0.3, 0.4) is 0 Å². The van der Waals surface area contributed by atoms with Crippen LogP contribution in [0.2, 0.25) is 0 Å². The summed E-state index contributed by atoms with van der Waals surface area (Å²) in [6.07, 6.45) is 15.8. The van der Waals surface area contributed by atoms with Crippen molar-refractivity contribution in [2.24, 2.45) is 0 Å². The Balaban J connectivity index is 1.71. The first kappa shape index (κ1) is 53.6. The van der Waals surface area contributed by atoms with E-state index in [0.29, 0.717) is 51.4 Å². The van der Waals surface area contributed by atoms with Gasteiger partial charge in [-0.1, -0.05) is 170 Å². The molecule has 6 rings (SSSR count). The summed E-state index contributed by atoms with van der Waals surface area (Å²) in [5, 5.41) is 0. The maximum Gasteiger partial charge on any atom is 0.306 e. The molecule has 70 heavy (non-hydrogen) atoms. The lowest BCUT2D eigenvalue weighted by atomic mass is 9.72. The zero-order valence-electron chi connectivity index (χ0n) is 43.0. The molecule has 0 bridgehead atoms. The minimum Gasteiger partial charge on any atom is -0.458 e. The smallest absolute Gasteiger partial charge is 0.306 e. The lowest BCUT2D eigenvalue weighted by molar-refractivity contribution is -0.151. The Kier molecular flexibility index (Phi) is 21.1. The van der Waals surface area contributed by atoms with Crippen molar-refractivity contribution in [3.8, 4) is 33.4 Å². The third-order valence-electron chi connectivity index (χ3n) is 13.7. The second-order valence-corrected chi connectivity index (χ2v) is 19.3. The summed E-state index contributed by atoms with van der Waals surface area (Å²) in [6.45, 7) is 12.7. The van der Waals surface area contributed by atoms with Crippen LogP contribution >= 0.6 is 0 Å². The fourth-order valence-corrected chi connectivity index (χ4v) is 10.0. The van der Waals surface area contributed by atoms with Gasteiger partial charge in [0.05, 0.1) is 0 Å². The molecule has 374 valence electrons. The number of rotatable bonds is 25. The van der Waals surface area contributed by atoms with E-state index in [1.165, 1.54) is 0 Å². The van der Waals surface area contributed by atoms with E-state index in [-0.39, 0.29) is 23.9 Å². The summed E-state index contributed by atoms with van der Waals surface area (Å²) in [7, 11) is 0. The van der Waals surface area contributed by atoms with Gasteiger partial charge < -0.3 is 18.9 Å². The average Bonchev–Trinajstić information content (AvgIpc) is 3.36. The predicted molar refractivity (Wildman–Crippen MR) is 283 cm³/mol. The van der Waals surface area contributed by atoms with Gasteiger partial charge in [-0.15, -0.1) is 0 Å². The Bertz CT molecular complexity index is 2400. The fourth-order valence-electron chi connectivity index (χ4n) is 10.0. The van der Waals surface area contributed by atoms with Crippen molar-refractivity contribution in [1.29, 1.82) is 0 Å². The van der Waals surface area contributed by atoms with E-state index >= 15 is 0 Å². The molecule has 0 aliphatic heterocycles. The molecule has 0 spiro atoms. The van der Waals surface area contributed by atoms with Gasteiger partial charge in [-0.2, -0.15) is 0 Å². The second-order valence-electron chi connectivity index (χ2n) is 19.3. The van der Waals surface area contributed by atoms with E-state index in [4.69, 9.17) is 18.9 Å². The predicted octanol–water partition coefficient (Wildman–Crippen LogP) is 15.6. The summed E-state index contributed by atoms with van der Waals surface area (Å²) in [5.41, 5.74) is 11.0. The van der Waals surface area contributed by atoms with Crippen LogP contribution in [0, 0.1) is 13.8 Å². The van der Waals surface area contributed by atoms with Crippen molar-refractivity contribution in [1.82, 2.24) is 0 Å². The molecule has 0 radical (unpaired) electrons. The third kappa shape index (κ3) is 14.6. The maximum absolute atomic E-state index is 13.9. The molecule has 8 heteroatoms. The first-order valence-electron chi connectivity index (χ1n) is 26.7. The number of carbonyl (C=O) groups is 4. The minimum absolute atomic E-state index is 0.232. The van der Waals surface area contributed by atoms with Gasteiger partial charge in [-0.25, -0.2) is 0 Å². The van der Waals surface area contributed by atoms with Crippen LogP contribution in [0.25, 0.3) is 44.5 Å². The SMILES string of the molecule is CCCCCC(=O)OC1C=C(c2c(C)c(-c3ccccc3)c(C3=CC(OC(=O)CCCCC)CCC3OC(=O)CCCCC)c(-c3ccc(C)cc3)c2-c2ccccc2)C(OC(=O)CCCCC)CC1. The molecule has 8 nitrogen and oxygen atoms in total. The van der Waals surface area contributed by atoms with Gasteiger partial charge in [-0.3, -0.25) is 19.2 Å². The number of ether oxygens (including phenoxy) is 4. The molecule has 0 aromatic heterocycles. The molecule has 0 heterocycles. The van der Waals surface area contributed by atoms with E-state index in [9.17, 15) is 19.2 Å². The number of unbranched alkanes of at least 4 members (excludes halogenated alkanes) is 8. The van der Waals surface area contributed by atoms with E-state index in [1.54, 1.807) is 0 Å². The number of benzene rings is 4. The molecule has 4 aromatic carbocycles. The van der Waals surface area contributed by atoms with Crippen LogP contribution in [-0.4, -0.2) is 48.3 Å². The first-order chi connectivity index (χ1) is 34.1. The zero-order chi connectivity index (χ0) is 49.8. The highest BCUT2D eigenvalue weighted by Crippen LogP contribution is 2.53. The van der Waals surface area contributed by atoms with Crippen LogP contribution in [0.15, 0.2) is 97.1 Å². The van der Waals surface area contributed by atoms with Crippen molar-refractivity contribution in [2.75, 3.05) is 0 Å². The van der Waals surface area contributed by atoms with Crippen molar-refractivity contribution in [2.45, 2.75) is 194 Å². The monoisotopic (exact) mass is 951 g/mol. The van der Waals surface area contributed by atoms with E-state index in [2.05, 4.69) is 90.1 Å². The summed E-state index contributed by atoms with van der Waals surface area (Å²) >= 11 is 0. The van der Waals surface area contributed by atoms with Gasteiger partial charge in [-0.05, 0) is 127 Å². The largest absolute Gasteiger partial charge is 0.458 e. The first-order valence-corrected chi connectivity index (χ1v) is 26.7. The highest BCUT2D eigenvalue weighted by atomic mass is 16.6. The fraction of sp³-hybridized carbons (Fsp3) is 0.484. The summed E-state index contributed by atoms with van der Waals surface area (Å²) in [6, 6.07) is 29.1. The van der Waals surface area contributed by atoms with E-state index < -0.39 is 24.4 Å². The molecule has 4 atom stereocenters. The Hall–Kier alpha value is -5.76. The minimum atomic E-state index is -0.632. The molecule has 0 saturated heterocycles. The van der Waals surface area contributed by atoms with Gasteiger partial charge in [0.25, 0.3) is 0 Å². The number of aryl methyl sites for hydroxylation is 1. The Morgan fingerprint density at radius 1 is 0.400 bits per heavy atom. The molecule has 4 aromatic rings. The van der Waals surface area contributed by atoms with Crippen LogP contribution in [-0.2, 0) is 38.1 Å². The van der Waals surface area contributed by atoms with Gasteiger partial charge in [0.1, 0.15) is 24.4 Å². The van der Waals surface area contributed by atoms with Crippen molar-refractivity contribution < 1.29 is 38.1 Å². The van der Waals surface area contributed by atoms with Crippen molar-refractivity contribution >= 4 is 35.0 Å². The molecular formula is C62H78O8. The van der Waals surface area contributed by atoms with Gasteiger partial charge in [0.15, 0.2) is 0 Å². The van der Waals surface area contributed by atoms with Crippen LogP contribution in [0.1, 0.15) is 178 Å². The topological polar surface area (TPSA) is 105 Å². The normalized spacial score (nSPS) is 17.8. The highest BCUT2D eigenvalue weighted by molar-refractivity contribution is 6.06. The molecule has 0 fully saturated rings. The Morgan fingerprint density at radius 2 is 0.757 bits per heavy atom. The van der Waals surface area contributed by atoms with Crippen molar-refractivity contribution in [3.63, 3.8) is 0 Å². The average molecular weight is 951 g/mol. The molecule has 2 aliphatic rings. The van der Waals surface area contributed by atoms with Crippen LogP contribution in [0.5, 0.6) is 0 Å². The number of esters is 4. The second kappa shape index (κ2) is 27.6. The standard InChI is InChI=1S/C62H78O8/c1-7-11-17-29-54(63)67-48-37-39-52(69-56(65)31-19-13-9-3)50(41-48)59-44(6)58(45-25-21-15-22-26-45)62(61(47-35-33-43(5)34-36-47)60(59)46-27-23-16-24-28-46)51-42-49(68-55(64)30-18-12-8-2)38-40-53(51)70-57(66)32-20-14-10-4/h15-16,21-28,33-36,41-42,48-49,52-53H,7-14,17-20,29-32,37-40H2,1-6H3. The summed E-state index contributed by atoms with van der Waals surface area (Å²) in [5.74, 6) is -0.962. The van der Waals surface area contributed by atoms with Gasteiger partial charge >= 0.3 is 23.9 Å².